The first-order valence-corrected chi connectivity index (χ1v) is 4.54. The molecule has 1 saturated heterocycles. The maximum absolute atomic E-state index is 10.7. The van der Waals surface area contributed by atoms with Crippen molar-refractivity contribution in [1.29, 1.82) is 0 Å². The van der Waals surface area contributed by atoms with Crippen LogP contribution in [0.25, 0.3) is 0 Å². The molecule has 12 heavy (non-hydrogen) atoms. The molecule has 0 radical (unpaired) electrons. The Labute approximate surface area is 72.7 Å². The molecule has 2 fully saturated rings. The predicted molar refractivity (Wildman–Crippen MR) is 44.7 cm³/mol. The van der Waals surface area contributed by atoms with Crippen molar-refractivity contribution >= 4 is 5.97 Å². The third kappa shape index (κ3) is 1.22. The smallest absolute Gasteiger partial charge is 0.302 e. The molecule has 1 saturated carbocycles. The summed E-state index contributed by atoms with van der Waals surface area (Å²) in [6.07, 6.45) is 2.47. The summed E-state index contributed by atoms with van der Waals surface area (Å²) in [5.74, 6) is 0.471. The molecule has 3 unspecified atom stereocenters. The second-order valence-electron chi connectivity index (χ2n) is 3.97. The van der Waals surface area contributed by atoms with Gasteiger partial charge >= 0.3 is 5.97 Å². The lowest BCUT2D eigenvalue weighted by atomic mass is 10.1. The minimum absolute atomic E-state index is 0.129. The van der Waals surface area contributed by atoms with Gasteiger partial charge in [0, 0.05) is 31.8 Å². The topological polar surface area (TPSA) is 29.5 Å². The number of piperidine rings is 1. The van der Waals surface area contributed by atoms with Crippen molar-refractivity contribution in [3.63, 3.8) is 0 Å². The van der Waals surface area contributed by atoms with Gasteiger partial charge in [-0.05, 0) is 13.5 Å². The van der Waals surface area contributed by atoms with Crippen LogP contribution in [0.15, 0.2) is 0 Å². The van der Waals surface area contributed by atoms with Crippen LogP contribution in [0.4, 0.5) is 0 Å². The number of likely N-dealkylation sites (tertiary alicyclic amines) is 1. The molecule has 3 atom stereocenters. The van der Waals surface area contributed by atoms with Crippen LogP contribution in [0.1, 0.15) is 19.8 Å². The zero-order valence-electron chi connectivity index (χ0n) is 7.62. The molecule has 0 N–H and O–H groups in total. The highest BCUT2D eigenvalue weighted by atomic mass is 16.5. The Morgan fingerprint density at radius 3 is 2.67 bits per heavy atom. The number of ether oxygens (including phenoxy) is 1. The van der Waals surface area contributed by atoms with E-state index >= 15 is 0 Å². The van der Waals surface area contributed by atoms with E-state index in [0.29, 0.717) is 12.0 Å². The van der Waals surface area contributed by atoms with E-state index in [2.05, 4.69) is 11.9 Å². The summed E-state index contributed by atoms with van der Waals surface area (Å²) in [6, 6.07) is 0.666. The summed E-state index contributed by atoms with van der Waals surface area (Å²) in [5.41, 5.74) is 0. The van der Waals surface area contributed by atoms with Gasteiger partial charge < -0.3 is 9.64 Å². The van der Waals surface area contributed by atoms with Gasteiger partial charge in [-0.3, -0.25) is 4.79 Å². The van der Waals surface area contributed by atoms with Crippen LogP contribution in [0, 0.1) is 5.92 Å². The fraction of sp³-hybridized carbons (Fsp3) is 0.889. The first kappa shape index (κ1) is 8.05. The van der Waals surface area contributed by atoms with Gasteiger partial charge in [0.15, 0.2) is 0 Å². The summed E-state index contributed by atoms with van der Waals surface area (Å²) in [7, 11) is 2.15. The van der Waals surface area contributed by atoms with Crippen LogP contribution < -0.4 is 0 Å². The van der Waals surface area contributed by atoms with E-state index in [1.807, 2.05) is 0 Å². The van der Waals surface area contributed by atoms with Gasteiger partial charge in [-0.25, -0.2) is 0 Å². The lowest BCUT2D eigenvalue weighted by Gasteiger charge is -2.27. The normalized spacial score (nSPS) is 40.3. The molecule has 0 aromatic rings. The van der Waals surface area contributed by atoms with Crippen molar-refractivity contribution < 1.29 is 9.53 Å². The molecule has 1 aliphatic heterocycles. The number of esters is 1. The zero-order chi connectivity index (χ0) is 8.72. The van der Waals surface area contributed by atoms with Crippen molar-refractivity contribution in [2.45, 2.75) is 31.9 Å². The molecule has 1 aliphatic carbocycles. The molecule has 2 rings (SSSR count). The fourth-order valence-corrected chi connectivity index (χ4v) is 2.49. The second kappa shape index (κ2) is 2.73. The molecule has 0 amide bonds. The number of fused-ring (bicyclic) bond motifs is 2. The molecule has 2 aliphatic rings. The molecule has 1 heterocycles. The van der Waals surface area contributed by atoms with Gasteiger partial charge in [-0.1, -0.05) is 0 Å². The number of nitrogens with zero attached hydrogens (tertiary/aromatic N) is 1. The first-order chi connectivity index (χ1) is 5.66. The largest absolute Gasteiger partial charge is 0.462 e. The Kier molecular flexibility index (Phi) is 1.83. The van der Waals surface area contributed by atoms with Gasteiger partial charge in [0.05, 0.1) is 0 Å². The molecule has 3 heteroatoms. The van der Waals surface area contributed by atoms with E-state index in [1.165, 1.54) is 13.3 Å². The van der Waals surface area contributed by atoms with Crippen LogP contribution >= 0.6 is 0 Å². The molecule has 0 aromatic heterocycles. The number of hydrogen-bond donors (Lipinski definition) is 0. The molecule has 3 nitrogen and oxygen atoms in total. The highest BCUT2D eigenvalue weighted by Gasteiger charge is 2.44. The summed E-state index contributed by atoms with van der Waals surface area (Å²) >= 11 is 0. The molecular formula is C9H15NO2. The Morgan fingerprint density at radius 1 is 1.50 bits per heavy atom. The average molecular weight is 169 g/mol. The van der Waals surface area contributed by atoms with E-state index in [1.54, 1.807) is 0 Å². The van der Waals surface area contributed by atoms with Gasteiger partial charge in [-0.15, -0.1) is 0 Å². The number of carbonyl (C=O) groups is 1. The molecule has 0 aromatic carbocycles. The van der Waals surface area contributed by atoms with Crippen molar-refractivity contribution in [2.75, 3.05) is 13.6 Å². The lowest BCUT2D eigenvalue weighted by Crippen LogP contribution is -2.36. The van der Waals surface area contributed by atoms with Gasteiger partial charge in [0.25, 0.3) is 0 Å². The summed E-state index contributed by atoms with van der Waals surface area (Å²) in [4.78, 5) is 13.1. The number of hydrogen-bond acceptors (Lipinski definition) is 3. The van der Waals surface area contributed by atoms with Crippen LogP contribution in [0.3, 0.4) is 0 Å². The van der Waals surface area contributed by atoms with E-state index in [-0.39, 0.29) is 12.1 Å². The first-order valence-electron chi connectivity index (χ1n) is 4.54. The standard InChI is InChI=1S/C9H15NO2/c1-6(11)12-9-4-8-3-7(9)5-10(8)2/h7-9H,3-5H2,1-2H3. The molecule has 0 spiro atoms. The molecule has 2 bridgehead atoms. The Bertz CT molecular complexity index is 203. The molecule has 68 valence electrons. The Hall–Kier alpha value is -0.570. The van der Waals surface area contributed by atoms with Gasteiger partial charge in [0.1, 0.15) is 6.10 Å². The summed E-state index contributed by atoms with van der Waals surface area (Å²) in [6.45, 7) is 2.60. The van der Waals surface area contributed by atoms with Crippen molar-refractivity contribution in [2.24, 2.45) is 5.92 Å². The van der Waals surface area contributed by atoms with E-state index in [4.69, 9.17) is 4.74 Å². The minimum Gasteiger partial charge on any atom is -0.462 e. The predicted octanol–water partition coefficient (Wildman–Crippen LogP) is 0.642. The monoisotopic (exact) mass is 169 g/mol. The van der Waals surface area contributed by atoms with Crippen LogP contribution in [0.2, 0.25) is 0 Å². The van der Waals surface area contributed by atoms with E-state index in [0.717, 1.165) is 13.0 Å². The number of rotatable bonds is 1. The Balaban J connectivity index is 1.94. The average Bonchev–Trinajstić information content (AvgIpc) is 2.44. The van der Waals surface area contributed by atoms with Gasteiger partial charge in [-0.2, -0.15) is 0 Å². The number of carbonyl (C=O) groups excluding carboxylic acids is 1. The van der Waals surface area contributed by atoms with Crippen LogP contribution in [0.5, 0.6) is 0 Å². The summed E-state index contributed by atoms with van der Waals surface area (Å²) in [5, 5.41) is 0. The van der Waals surface area contributed by atoms with Crippen molar-refractivity contribution in [3.8, 4) is 0 Å². The third-order valence-corrected chi connectivity index (χ3v) is 3.07. The van der Waals surface area contributed by atoms with Crippen LogP contribution in [-0.4, -0.2) is 36.6 Å². The highest BCUT2D eigenvalue weighted by molar-refractivity contribution is 5.66. The van der Waals surface area contributed by atoms with E-state index in [9.17, 15) is 4.79 Å². The lowest BCUT2D eigenvalue weighted by molar-refractivity contribution is -0.149. The van der Waals surface area contributed by atoms with Gasteiger partial charge in [0.2, 0.25) is 0 Å². The minimum atomic E-state index is -0.129. The maximum Gasteiger partial charge on any atom is 0.302 e. The Morgan fingerprint density at radius 2 is 2.25 bits per heavy atom. The van der Waals surface area contributed by atoms with Crippen molar-refractivity contribution in [1.82, 2.24) is 4.90 Å². The summed E-state index contributed by atoms with van der Waals surface area (Å²) < 4.78 is 5.23. The highest BCUT2D eigenvalue weighted by Crippen LogP contribution is 2.38. The third-order valence-electron chi connectivity index (χ3n) is 3.07. The quantitative estimate of drug-likeness (QED) is 0.539. The maximum atomic E-state index is 10.7. The van der Waals surface area contributed by atoms with Crippen molar-refractivity contribution in [3.05, 3.63) is 0 Å². The molecular weight excluding hydrogens is 154 g/mol. The zero-order valence-corrected chi connectivity index (χ0v) is 7.62. The second-order valence-corrected chi connectivity index (χ2v) is 3.97. The SMILES string of the molecule is CC(=O)OC1CC2CC1CN2C. The van der Waals surface area contributed by atoms with E-state index < -0.39 is 0 Å². The van der Waals surface area contributed by atoms with Crippen LogP contribution in [-0.2, 0) is 9.53 Å². The fourth-order valence-electron chi connectivity index (χ4n) is 2.49.